The summed E-state index contributed by atoms with van der Waals surface area (Å²) >= 11 is 1.20. The Labute approximate surface area is 114 Å². The first kappa shape index (κ1) is 13.7. The van der Waals surface area contributed by atoms with E-state index in [0.717, 1.165) is 0 Å². The molecule has 0 bridgehead atoms. The second-order valence-corrected chi connectivity index (χ2v) is 6.21. The Bertz CT molecular complexity index is 709. The van der Waals surface area contributed by atoms with E-state index in [-0.39, 0.29) is 10.8 Å². The number of nitrogens with one attached hydrogen (secondary N) is 1. The summed E-state index contributed by atoms with van der Waals surface area (Å²) in [6.07, 6.45) is 1.44. The van der Waals surface area contributed by atoms with Crippen molar-refractivity contribution < 1.29 is 13.2 Å². The molecule has 2 aromatic rings. The highest BCUT2D eigenvalue weighted by atomic mass is 32.2. The van der Waals surface area contributed by atoms with Crippen LogP contribution in [0.2, 0.25) is 0 Å². The number of hydrogen-bond acceptors (Lipinski definition) is 5. The topological polar surface area (TPSA) is 102 Å². The van der Waals surface area contributed by atoms with Gasteiger partial charge in [0.25, 0.3) is 5.91 Å². The minimum atomic E-state index is -3.81. The molecule has 0 saturated carbocycles. The monoisotopic (exact) mass is 297 g/mol. The van der Waals surface area contributed by atoms with Gasteiger partial charge in [0.2, 0.25) is 10.0 Å². The van der Waals surface area contributed by atoms with Crippen molar-refractivity contribution in [1.82, 2.24) is 4.98 Å². The lowest BCUT2D eigenvalue weighted by Gasteiger charge is -2.10. The van der Waals surface area contributed by atoms with Crippen molar-refractivity contribution >= 4 is 33.0 Å². The lowest BCUT2D eigenvalue weighted by molar-refractivity contribution is 0.103. The minimum Gasteiger partial charge on any atom is -0.321 e. The Kier molecular flexibility index (Phi) is 3.65. The summed E-state index contributed by atoms with van der Waals surface area (Å²) in [6.45, 7) is 1.59. The summed E-state index contributed by atoms with van der Waals surface area (Å²) in [4.78, 5) is 16.1. The fourth-order valence-corrected chi connectivity index (χ4v) is 2.89. The number of carbonyl (C=O) groups is 1. The first-order valence-electron chi connectivity index (χ1n) is 5.22. The molecule has 3 N–H and O–H groups in total. The molecule has 0 unspecified atom stereocenters. The van der Waals surface area contributed by atoms with E-state index in [0.29, 0.717) is 16.1 Å². The van der Waals surface area contributed by atoms with Crippen LogP contribution in [0, 0.1) is 6.92 Å². The van der Waals surface area contributed by atoms with Crippen LogP contribution in [0.4, 0.5) is 5.69 Å². The Morgan fingerprint density at radius 1 is 1.42 bits per heavy atom. The molecule has 8 heteroatoms. The maximum absolute atomic E-state index is 11.9. The predicted molar refractivity (Wildman–Crippen MR) is 72.6 cm³/mol. The van der Waals surface area contributed by atoms with Crippen molar-refractivity contribution in [2.75, 3.05) is 5.32 Å². The van der Waals surface area contributed by atoms with Crippen LogP contribution in [0.15, 0.2) is 34.8 Å². The normalized spacial score (nSPS) is 11.3. The van der Waals surface area contributed by atoms with Crippen LogP contribution < -0.4 is 10.5 Å². The Morgan fingerprint density at radius 3 is 2.74 bits per heavy atom. The summed E-state index contributed by atoms with van der Waals surface area (Å²) in [6, 6.07) is 4.53. The Balaban J connectivity index is 2.35. The van der Waals surface area contributed by atoms with Crippen molar-refractivity contribution in [3.8, 4) is 0 Å². The van der Waals surface area contributed by atoms with Gasteiger partial charge in [-0.2, -0.15) is 0 Å². The van der Waals surface area contributed by atoms with Crippen LogP contribution in [-0.4, -0.2) is 19.3 Å². The van der Waals surface area contributed by atoms with Gasteiger partial charge in [-0.05, 0) is 24.6 Å². The molecule has 6 nitrogen and oxygen atoms in total. The zero-order chi connectivity index (χ0) is 14.0. The summed E-state index contributed by atoms with van der Waals surface area (Å²) in [5, 5.41) is 7.74. The summed E-state index contributed by atoms with van der Waals surface area (Å²) in [5.74, 6) is -0.336. The number of thiazole rings is 1. The molecule has 1 amide bonds. The molecular formula is C11H11N3O3S2. The molecule has 0 atom stereocenters. The molecule has 100 valence electrons. The number of benzene rings is 1. The van der Waals surface area contributed by atoms with Gasteiger partial charge in [-0.1, -0.05) is 6.07 Å². The molecule has 19 heavy (non-hydrogen) atoms. The van der Waals surface area contributed by atoms with E-state index in [1.54, 1.807) is 18.5 Å². The molecule has 1 heterocycles. The van der Waals surface area contributed by atoms with E-state index in [1.165, 1.54) is 29.7 Å². The SMILES string of the molecule is Cc1c(NC(=O)c2cncs2)cccc1S(N)(=O)=O. The van der Waals surface area contributed by atoms with Gasteiger partial charge >= 0.3 is 0 Å². The van der Waals surface area contributed by atoms with Crippen LogP contribution in [-0.2, 0) is 10.0 Å². The minimum absolute atomic E-state index is 0.00500. The second kappa shape index (κ2) is 5.08. The number of amides is 1. The highest BCUT2D eigenvalue weighted by molar-refractivity contribution is 7.89. The van der Waals surface area contributed by atoms with Crippen LogP contribution in [0.5, 0.6) is 0 Å². The second-order valence-electron chi connectivity index (χ2n) is 3.79. The highest BCUT2D eigenvalue weighted by Crippen LogP contribution is 2.22. The number of aromatic nitrogens is 1. The molecule has 2 rings (SSSR count). The van der Waals surface area contributed by atoms with Crippen molar-refractivity contribution in [3.63, 3.8) is 0 Å². The van der Waals surface area contributed by atoms with Gasteiger partial charge in [-0.25, -0.2) is 13.6 Å². The Hall–Kier alpha value is -1.77. The predicted octanol–water partition coefficient (Wildman–Crippen LogP) is 1.35. The van der Waals surface area contributed by atoms with E-state index in [1.807, 2.05) is 0 Å². The molecule has 0 aliphatic carbocycles. The average molecular weight is 297 g/mol. The van der Waals surface area contributed by atoms with Crippen LogP contribution in [0.1, 0.15) is 15.2 Å². The van der Waals surface area contributed by atoms with E-state index in [4.69, 9.17) is 5.14 Å². The lowest BCUT2D eigenvalue weighted by Crippen LogP contribution is -2.16. The maximum atomic E-state index is 11.9. The molecular weight excluding hydrogens is 286 g/mol. The number of rotatable bonds is 3. The quantitative estimate of drug-likeness (QED) is 0.892. The zero-order valence-electron chi connectivity index (χ0n) is 9.95. The van der Waals surface area contributed by atoms with Gasteiger partial charge in [-0.3, -0.25) is 9.78 Å². The molecule has 0 fully saturated rings. The van der Waals surface area contributed by atoms with Gasteiger partial charge in [0.05, 0.1) is 16.6 Å². The van der Waals surface area contributed by atoms with E-state index in [9.17, 15) is 13.2 Å². The van der Waals surface area contributed by atoms with Crippen molar-refractivity contribution in [1.29, 1.82) is 0 Å². The number of nitrogens with zero attached hydrogens (tertiary/aromatic N) is 1. The number of carbonyl (C=O) groups excluding carboxylic acids is 1. The fraction of sp³-hybridized carbons (Fsp3) is 0.0909. The molecule has 0 aliphatic rings. The Morgan fingerprint density at radius 2 is 2.16 bits per heavy atom. The first-order valence-corrected chi connectivity index (χ1v) is 7.64. The van der Waals surface area contributed by atoms with Gasteiger partial charge in [0.15, 0.2) is 0 Å². The number of anilines is 1. The van der Waals surface area contributed by atoms with Crippen molar-refractivity contribution in [2.45, 2.75) is 11.8 Å². The molecule has 0 spiro atoms. The van der Waals surface area contributed by atoms with E-state index < -0.39 is 10.0 Å². The van der Waals surface area contributed by atoms with Crippen LogP contribution in [0.3, 0.4) is 0 Å². The van der Waals surface area contributed by atoms with Crippen molar-refractivity contribution in [2.24, 2.45) is 5.14 Å². The molecule has 0 aliphatic heterocycles. The van der Waals surface area contributed by atoms with Gasteiger partial charge in [-0.15, -0.1) is 11.3 Å². The number of hydrogen-bond donors (Lipinski definition) is 2. The molecule has 0 radical (unpaired) electrons. The first-order chi connectivity index (χ1) is 8.89. The summed E-state index contributed by atoms with van der Waals surface area (Å²) < 4.78 is 22.8. The van der Waals surface area contributed by atoms with Crippen LogP contribution >= 0.6 is 11.3 Å². The number of primary sulfonamides is 1. The highest BCUT2D eigenvalue weighted by Gasteiger charge is 2.15. The van der Waals surface area contributed by atoms with Crippen molar-refractivity contribution in [3.05, 3.63) is 40.3 Å². The summed E-state index contributed by atoms with van der Waals surface area (Å²) in [5.41, 5.74) is 2.36. The molecule has 0 saturated heterocycles. The number of sulfonamides is 1. The van der Waals surface area contributed by atoms with Gasteiger partial charge < -0.3 is 5.32 Å². The smallest absolute Gasteiger partial charge is 0.267 e. The third-order valence-electron chi connectivity index (χ3n) is 2.49. The standard InChI is InChI=1S/C11H11N3O3S2/c1-7-8(3-2-4-10(7)19(12,16)17)14-11(15)9-5-13-6-18-9/h2-6H,1H3,(H,14,15)(H2,12,16,17). The number of nitrogens with two attached hydrogens (primary N) is 1. The zero-order valence-corrected chi connectivity index (χ0v) is 11.6. The fourth-order valence-electron chi connectivity index (χ4n) is 1.57. The third kappa shape index (κ3) is 2.98. The largest absolute Gasteiger partial charge is 0.321 e. The van der Waals surface area contributed by atoms with E-state index in [2.05, 4.69) is 10.3 Å². The van der Waals surface area contributed by atoms with Gasteiger partial charge in [0.1, 0.15) is 4.88 Å². The van der Waals surface area contributed by atoms with Crippen LogP contribution in [0.25, 0.3) is 0 Å². The van der Waals surface area contributed by atoms with Gasteiger partial charge in [0, 0.05) is 5.69 Å². The molecule has 1 aromatic carbocycles. The molecule has 1 aromatic heterocycles. The maximum Gasteiger partial charge on any atom is 0.267 e. The lowest BCUT2D eigenvalue weighted by atomic mass is 10.2. The summed E-state index contributed by atoms with van der Waals surface area (Å²) in [7, 11) is -3.81. The van der Waals surface area contributed by atoms with E-state index >= 15 is 0 Å². The third-order valence-corrected chi connectivity index (χ3v) is 4.32. The average Bonchev–Trinajstić information content (AvgIpc) is 2.83.